The first-order chi connectivity index (χ1) is 8.70. The molecule has 0 bridgehead atoms. The molecule has 0 unspecified atom stereocenters. The zero-order valence-corrected chi connectivity index (χ0v) is 11.6. The van der Waals surface area contributed by atoms with E-state index in [-0.39, 0.29) is 0 Å². The lowest BCUT2D eigenvalue weighted by Gasteiger charge is -2.35. The molecule has 4 heteroatoms. The number of rotatable bonds is 5. The lowest BCUT2D eigenvalue weighted by molar-refractivity contribution is 0.140. The van der Waals surface area contributed by atoms with Crippen LogP contribution in [-0.2, 0) is 6.54 Å². The first-order valence-corrected chi connectivity index (χ1v) is 7.09. The first kappa shape index (κ1) is 13.6. The van der Waals surface area contributed by atoms with Crippen LogP contribution in [0.25, 0.3) is 0 Å². The normalized spacial score (nSPS) is 24.7. The maximum absolute atomic E-state index is 5.99. The number of nitrogens with two attached hydrogens (primary N) is 1. The summed E-state index contributed by atoms with van der Waals surface area (Å²) < 4.78 is 5.29. The summed E-state index contributed by atoms with van der Waals surface area (Å²) in [5.74, 6) is 0.948. The Hall–Kier alpha value is -0.870. The highest BCUT2D eigenvalue weighted by molar-refractivity contribution is 5.05. The third-order valence-electron chi connectivity index (χ3n) is 3.97. The maximum Gasteiger partial charge on any atom is 0.181 e. The van der Waals surface area contributed by atoms with Gasteiger partial charge in [-0.3, -0.25) is 4.90 Å². The second-order valence-corrected chi connectivity index (χ2v) is 5.39. The van der Waals surface area contributed by atoms with Gasteiger partial charge in [-0.15, -0.1) is 0 Å². The van der Waals surface area contributed by atoms with Crippen LogP contribution in [0.1, 0.15) is 50.5 Å². The van der Waals surface area contributed by atoms with Crippen LogP contribution in [0.2, 0.25) is 0 Å². The zero-order chi connectivity index (χ0) is 13.0. The molecule has 0 amide bonds. The van der Waals surface area contributed by atoms with Gasteiger partial charge in [-0.2, -0.15) is 0 Å². The molecule has 0 spiro atoms. The van der Waals surface area contributed by atoms with E-state index in [1.807, 2.05) is 6.92 Å². The molecule has 0 aromatic carbocycles. The molecule has 0 aliphatic heterocycles. The van der Waals surface area contributed by atoms with Crippen LogP contribution in [0.5, 0.6) is 0 Å². The molecule has 18 heavy (non-hydrogen) atoms. The Bertz CT molecular complexity index is 356. The van der Waals surface area contributed by atoms with Crippen LogP contribution in [0.4, 0.5) is 0 Å². The fraction of sp³-hybridized carbons (Fsp3) is 0.786. The van der Waals surface area contributed by atoms with Crippen molar-refractivity contribution < 1.29 is 4.42 Å². The first-order valence-electron chi connectivity index (χ1n) is 7.09. The average molecular weight is 251 g/mol. The molecule has 102 valence electrons. The van der Waals surface area contributed by atoms with Crippen LogP contribution in [0, 0.1) is 6.92 Å². The molecule has 1 aromatic heterocycles. The van der Waals surface area contributed by atoms with E-state index < -0.39 is 0 Å². The summed E-state index contributed by atoms with van der Waals surface area (Å²) >= 11 is 0. The fourth-order valence-electron chi connectivity index (χ4n) is 2.82. The summed E-state index contributed by atoms with van der Waals surface area (Å²) in [6.07, 6.45) is 7.48. The lowest BCUT2D eigenvalue weighted by Crippen LogP contribution is -2.41. The minimum Gasteiger partial charge on any atom is -0.448 e. The molecule has 0 atom stereocenters. The predicted molar refractivity (Wildman–Crippen MR) is 72.2 cm³/mol. The van der Waals surface area contributed by atoms with Crippen LogP contribution in [-0.4, -0.2) is 28.5 Å². The lowest BCUT2D eigenvalue weighted by atomic mass is 9.90. The molecule has 1 aliphatic rings. The molecule has 0 saturated heterocycles. The standard InChI is InChI=1S/C14H25N3O/c1-3-8-17(9-14-11(2)18-10-16-14)13-6-4-12(15)5-7-13/h10,12-13H,3-9,15H2,1-2H3. The van der Waals surface area contributed by atoms with Crippen molar-refractivity contribution in [2.45, 2.75) is 64.6 Å². The summed E-state index contributed by atoms with van der Waals surface area (Å²) in [7, 11) is 0. The van der Waals surface area contributed by atoms with E-state index in [9.17, 15) is 0 Å². The van der Waals surface area contributed by atoms with Gasteiger partial charge in [-0.25, -0.2) is 4.98 Å². The van der Waals surface area contributed by atoms with Crippen LogP contribution in [0.3, 0.4) is 0 Å². The van der Waals surface area contributed by atoms with Crippen molar-refractivity contribution in [1.29, 1.82) is 0 Å². The molecule has 1 saturated carbocycles. The van der Waals surface area contributed by atoms with Gasteiger partial charge < -0.3 is 10.2 Å². The molecule has 1 aliphatic carbocycles. The molecule has 2 N–H and O–H groups in total. The number of aromatic nitrogens is 1. The Morgan fingerprint density at radius 2 is 2.11 bits per heavy atom. The molecule has 2 rings (SSSR count). The summed E-state index contributed by atoms with van der Waals surface area (Å²) in [6.45, 7) is 6.27. The number of nitrogens with zero attached hydrogens (tertiary/aromatic N) is 2. The van der Waals surface area contributed by atoms with E-state index in [4.69, 9.17) is 10.2 Å². The molecule has 4 nitrogen and oxygen atoms in total. The third kappa shape index (κ3) is 3.33. The third-order valence-corrected chi connectivity index (χ3v) is 3.97. The van der Waals surface area contributed by atoms with Crippen LogP contribution < -0.4 is 5.73 Å². The van der Waals surface area contributed by atoms with Crippen molar-refractivity contribution in [3.05, 3.63) is 17.8 Å². The Kier molecular flexibility index (Phi) is 4.78. The Morgan fingerprint density at radius 3 is 2.67 bits per heavy atom. The van der Waals surface area contributed by atoms with E-state index >= 15 is 0 Å². The summed E-state index contributed by atoms with van der Waals surface area (Å²) in [5.41, 5.74) is 7.07. The minimum absolute atomic E-state index is 0.415. The number of oxazole rings is 1. The largest absolute Gasteiger partial charge is 0.448 e. The van der Waals surface area contributed by atoms with E-state index in [1.165, 1.54) is 19.3 Å². The Labute approximate surface area is 110 Å². The summed E-state index contributed by atoms with van der Waals surface area (Å²) in [4.78, 5) is 6.87. The number of aryl methyl sites for hydroxylation is 1. The van der Waals surface area contributed by atoms with Gasteiger partial charge in [0.25, 0.3) is 0 Å². The van der Waals surface area contributed by atoms with Crippen molar-refractivity contribution in [2.75, 3.05) is 6.54 Å². The monoisotopic (exact) mass is 251 g/mol. The van der Waals surface area contributed by atoms with Crippen LogP contribution >= 0.6 is 0 Å². The van der Waals surface area contributed by atoms with Gasteiger partial charge in [-0.05, 0) is 45.6 Å². The van der Waals surface area contributed by atoms with E-state index in [2.05, 4.69) is 16.8 Å². The SMILES string of the molecule is CCCN(Cc1ncoc1C)C1CCC(N)CC1. The van der Waals surface area contributed by atoms with Gasteiger partial charge in [0.15, 0.2) is 6.39 Å². The van der Waals surface area contributed by atoms with E-state index in [1.54, 1.807) is 6.39 Å². The van der Waals surface area contributed by atoms with Crippen molar-refractivity contribution in [3.63, 3.8) is 0 Å². The fourth-order valence-corrected chi connectivity index (χ4v) is 2.82. The molecular weight excluding hydrogens is 226 g/mol. The highest BCUT2D eigenvalue weighted by atomic mass is 16.3. The summed E-state index contributed by atoms with van der Waals surface area (Å²) in [5, 5.41) is 0. The van der Waals surface area contributed by atoms with Gasteiger partial charge in [0.05, 0.1) is 5.69 Å². The van der Waals surface area contributed by atoms with E-state index in [0.29, 0.717) is 12.1 Å². The molecular formula is C14H25N3O. The Balaban J connectivity index is 1.97. The number of hydrogen-bond donors (Lipinski definition) is 1. The van der Waals surface area contributed by atoms with Crippen molar-refractivity contribution in [2.24, 2.45) is 5.73 Å². The van der Waals surface area contributed by atoms with Gasteiger partial charge in [0.2, 0.25) is 0 Å². The molecule has 1 heterocycles. The highest BCUT2D eigenvalue weighted by Crippen LogP contribution is 2.24. The summed E-state index contributed by atoms with van der Waals surface area (Å²) in [6, 6.07) is 1.08. The molecule has 1 aromatic rings. The van der Waals surface area contributed by atoms with Crippen molar-refractivity contribution in [3.8, 4) is 0 Å². The quantitative estimate of drug-likeness (QED) is 0.873. The van der Waals surface area contributed by atoms with Crippen LogP contribution in [0.15, 0.2) is 10.8 Å². The molecule has 0 radical (unpaired) electrons. The van der Waals surface area contributed by atoms with E-state index in [0.717, 1.165) is 37.4 Å². The van der Waals surface area contributed by atoms with Gasteiger partial charge in [0, 0.05) is 18.6 Å². The smallest absolute Gasteiger partial charge is 0.181 e. The Morgan fingerprint density at radius 1 is 1.39 bits per heavy atom. The predicted octanol–water partition coefficient (Wildman–Crippen LogP) is 2.46. The van der Waals surface area contributed by atoms with Gasteiger partial charge in [0.1, 0.15) is 5.76 Å². The average Bonchev–Trinajstić information content (AvgIpc) is 2.76. The maximum atomic E-state index is 5.99. The van der Waals surface area contributed by atoms with Gasteiger partial charge in [-0.1, -0.05) is 6.92 Å². The second-order valence-electron chi connectivity index (χ2n) is 5.39. The minimum atomic E-state index is 0.415. The topological polar surface area (TPSA) is 55.3 Å². The van der Waals surface area contributed by atoms with Crippen molar-refractivity contribution in [1.82, 2.24) is 9.88 Å². The highest BCUT2D eigenvalue weighted by Gasteiger charge is 2.24. The van der Waals surface area contributed by atoms with Gasteiger partial charge >= 0.3 is 0 Å². The number of hydrogen-bond acceptors (Lipinski definition) is 4. The van der Waals surface area contributed by atoms with Crippen molar-refractivity contribution >= 4 is 0 Å². The second kappa shape index (κ2) is 6.34. The molecule has 1 fully saturated rings. The zero-order valence-electron chi connectivity index (χ0n) is 11.6.